The fourth-order valence-electron chi connectivity index (χ4n) is 3.32. The highest BCUT2D eigenvalue weighted by atomic mass is 15.0. The van der Waals surface area contributed by atoms with Crippen molar-refractivity contribution in [3.8, 4) is 0 Å². The van der Waals surface area contributed by atoms with Crippen LogP contribution in [0.5, 0.6) is 0 Å². The van der Waals surface area contributed by atoms with Gasteiger partial charge in [0.2, 0.25) is 0 Å². The molecule has 0 radical (unpaired) electrons. The Balaban J connectivity index is 1.46. The van der Waals surface area contributed by atoms with Gasteiger partial charge in [0.05, 0.1) is 0 Å². The molecule has 0 aliphatic heterocycles. The van der Waals surface area contributed by atoms with E-state index < -0.39 is 0 Å². The highest BCUT2D eigenvalue weighted by Gasteiger charge is 2.29. The summed E-state index contributed by atoms with van der Waals surface area (Å²) in [7, 11) is 2.10. The van der Waals surface area contributed by atoms with Crippen molar-refractivity contribution >= 4 is 0 Å². The molecule has 3 rings (SSSR count). The van der Waals surface area contributed by atoms with Crippen LogP contribution in [0, 0.1) is 11.8 Å². The van der Waals surface area contributed by atoms with E-state index in [-0.39, 0.29) is 0 Å². The van der Waals surface area contributed by atoms with E-state index in [2.05, 4.69) is 28.1 Å². The molecule has 2 unspecified atom stereocenters. The molecule has 1 heterocycles. The smallest absolute Gasteiger partial charge is 0.108 e. The molecule has 0 bridgehead atoms. The summed E-state index contributed by atoms with van der Waals surface area (Å²) >= 11 is 0. The average molecular weight is 247 g/mol. The fraction of sp³-hybridized carbons (Fsp3) is 0.800. The first kappa shape index (κ1) is 12.2. The number of aryl methyl sites for hydroxylation is 2. The van der Waals surface area contributed by atoms with Crippen LogP contribution in [0.3, 0.4) is 0 Å². The third-order valence-corrected chi connectivity index (χ3v) is 4.72. The summed E-state index contributed by atoms with van der Waals surface area (Å²) in [5, 5.41) is 3.71. The SMILES string of the molecule is Cn1ccnc1CCC1CCCC1CNC1CC1. The lowest BCUT2D eigenvalue weighted by Gasteiger charge is -2.20. The lowest BCUT2D eigenvalue weighted by molar-refractivity contribution is 0.344. The first-order valence-electron chi connectivity index (χ1n) is 7.52. The van der Waals surface area contributed by atoms with E-state index in [1.807, 2.05) is 6.20 Å². The first-order chi connectivity index (χ1) is 8.83. The zero-order valence-electron chi connectivity index (χ0n) is 11.4. The molecule has 100 valence electrons. The van der Waals surface area contributed by atoms with Gasteiger partial charge in [-0.05, 0) is 44.1 Å². The number of rotatable bonds is 6. The Morgan fingerprint density at radius 2 is 2.11 bits per heavy atom. The zero-order chi connectivity index (χ0) is 12.4. The molecule has 3 nitrogen and oxygen atoms in total. The minimum atomic E-state index is 0.862. The Morgan fingerprint density at radius 3 is 2.83 bits per heavy atom. The predicted molar refractivity (Wildman–Crippen MR) is 73.4 cm³/mol. The number of hydrogen-bond donors (Lipinski definition) is 1. The van der Waals surface area contributed by atoms with Gasteiger partial charge in [0.25, 0.3) is 0 Å². The second kappa shape index (κ2) is 5.43. The van der Waals surface area contributed by atoms with Crippen molar-refractivity contribution in [1.82, 2.24) is 14.9 Å². The molecule has 1 N–H and O–H groups in total. The molecule has 1 aromatic rings. The van der Waals surface area contributed by atoms with Crippen molar-refractivity contribution in [2.75, 3.05) is 6.54 Å². The van der Waals surface area contributed by atoms with Crippen molar-refractivity contribution in [2.45, 2.75) is 51.0 Å². The van der Waals surface area contributed by atoms with Gasteiger partial charge >= 0.3 is 0 Å². The van der Waals surface area contributed by atoms with Crippen LogP contribution in [0.4, 0.5) is 0 Å². The van der Waals surface area contributed by atoms with Crippen LogP contribution in [-0.2, 0) is 13.5 Å². The van der Waals surface area contributed by atoms with Crippen molar-refractivity contribution in [3.63, 3.8) is 0 Å². The third kappa shape index (κ3) is 2.94. The number of nitrogens with zero attached hydrogens (tertiary/aromatic N) is 2. The Hall–Kier alpha value is -0.830. The van der Waals surface area contributed by atoms with E-state index in [1.54, 1.807) is 0 Å². The highest BCUT2D eigenvalue weighted by molar-refractivity contribution is 4.93. The normalized spacial score (nSPS) is 27.8. The lowest BCUT2D eigenvalue weighted by atomic mass is 9.91. The van der Waals surface area contributed by atoms with E-state index in [4.69, 9.17) is 0 Å². The number of imidazole rings is 1. The quantitative estimate of drug-likeness (QED) is 0.837. The standard InChI is InChI=1S/C15H25N3/c1-18-10-9-16-15(18)8-5-12-3-2-4-13(12)11-17-14-6-7-14/h9-10,12-14,17H,2-8,11H2,1H3. The summed E-state index contributed by atoms with van der Waals surface area (Å²) in [4.78, 5) is 4.43. The lowest BCUT2D eigenvalue weighted by Crippen LogP contribution is -2.27. The monoisotopic (exact) mass is 247 g/mol. The summed E-state index contributed by atoms with van der Waals surface area (Å²) < 4.78 is 2.16. The van der Waals surface area contributed by atoms with Crippen LogP contribution in [-0.4, -0.2) is 22.1 Å². The van der Waals surface area contributed by atoms with Crippen molar-refractivity contribution in [1.29, 1.82) is 0 Å². The Morgan fingerprint density at radius 1 is 1.28 bits per heavy atom. The molecule has 0 amide bonds. The van der Waals surface area contributed by atoms with Crippen molar-refractivity contribution < 1.29 is 0 Å². The summed E-state index contributed by atoms with van der Waals surface area (Å²) in [6.07, 6.45) is 13.5. The maximum Gasteiger partial charge on any atom is 0.108 e. The molecule has 0 aromatic carbocycles. The molecule has 2 aliphatic carbocycles. The molecule has 1 aromatic heterocycles. The number of hydrogen-bond acceptors (Lipinski definition) is 2. The maximum atomic E-state index is 4.43. The number of nitrogens with one attached hydrogen (secondary N) is 1. The topological polar surface area (TPSA) is 29.9 Å². The van der Waals surface area contributed by atoms with Gasteiger partial charge in [-0.1, -0.05) is 12.8 Å². The molecular weight excluding hydrogens is 222 g/mol. The van der Waals surface area contributed by atoms with Gasteiger partial charge in [-0.25, -0.2) is 4.98 Å². The van der Waals surface area contributed by atoms with Gasteiger partial charge in [0, 0.05) is 31.9 Å². The molecule has 3 heteroatoms. The molecule has 2 fully saturated rings. The van der Waals surface area contributed by atoms with Gasteiger partial charge in [0.1, 0.15) is 5.82 Å². The molecule has 0 spiro atoms. The molecule has 2 aliphatic rings. The molecule has 2 atom stereocenters. The van der Waals surface area contributed by atoms with Gasteiger partial charge in [0.15, 0.2) is 0 Å². The Kier molecular flexibility index (Phi) is 3.69. The van der Waals surface area contributed by atoms with E-state index >= 15 is 0 Å². The zero-order valence-corrected chi connectivity index (χ0v) is 11.4. The third-order valence-electron chi connectivity index (χ3n) is 4.72. The minimum Gasteiger partial charge on any atom is -0.338 e. The van der Waals surface area contributed by atoms with Gasteiger partial charge < -0.3 is 9.88 Å². The van der Waals surface area contributed by atoms with E-state index in [9.17, 15) is 0 Å². The summed E-state index contributed by atoms with van der Waals surface area (Å²) in [6, 6.07) is 0.862. The van der Waals surface area contributed by atoms with Gasteiger partial charge in [-0.15, -0.1) is 0 Å². The molecule has 2 saturated carbocycles. The van der Waals surface area contributed by atoms with Gasteiger partial charge in [-0.2, -0.15) is 0 Å². The van der Waals surface area contributed by atoms with Crippen LogP contribution in [0.15, 0.2) is 12.4 Å². The van der Waals surface area contributed by atoms with Crippen molar-refractivity contribution in [3.05, 3.63) is 18.2 Å². The minimum absolute atomic E-state index is 0.862. The first-order valence-corrected chi connectivity index (χ1v) is 7.52. The second-order valence-corrected chi connectivity index (χ2v) is 6.13. The fourth-order valence-corrected chi connectivity index (χ4v) is 3.32. The highest BCUT2D eigenvalue weighted by Crippen LogP contribution is 2.35. The molecular formula is C15H25N3. The summed E-state index contributed by atoms with van der Waals surface area (Å²) in [5.41, 5.74) is 0. The number of aromatic nitrogens is 2. The summed E-state index contributed by atoms with van der Waals surface area (Å²) in [5.74, 6) is 3.09. The second-order valence-electron chi connectivity index (χ2n) is 6.13. The van der Waals surface area contributed by atoms with E-state index in [0.717, 1.165) is 24.3 Å². The van der Waals surface area contributed by atoms with Crippen LogP contribution in [0.2, 0.25) is 0 Å². The van der Waals surface area contributed by atoms with Crippen LogP contribution in [0.1, 0.15) is 44.3 Å². The van der Waals surface area contributed by atoms with E-state index in [1.165, 1.54) is 50.9 Å². The maximum absolute atomic E-state index is 4.43. The predicted octanol–water partition coefficient (Wildman–Crippen LogP) is 2.52. The van der Waals surface area contributed by atoms with Crippen molar-refractivity contribution in [2.24, 2.45) is 18.9 Å². The van der Waals surface area contributed by atoms with Crippen LogP contribution < -0.4 is 5.32 Å². The van der Waals surface area contributed by atoms with Crippen LogP contribution in [0.25, 0.3) is 0 Å². The Labute approximate surface area is 110 Å². The molecule has 18 heavy (non-hydrogen) atoms. The van der Waals surface area contributed by atoms with Gasteiger partial charge in [-0.3, -0.25) is 0 Å². The average Bonchev–Trinajstić information content (AvgIpc) is 2.94. The molecule has 0 saturated heterocycles. The summed E-state index contributed by atoms with van der Waals surface area (Å²) in [6.45, 7) is 1.26. The Bertz CT molecular complexity index is 381. The van der Waals surface area contributed by atoms with Crippen LogP contribution >= 0.6 is 0 Å². The van der Waals surface area contributed by atoms with E-state index in [0.29, 0.717) is 0 Å². The largest absolute Gasteiger partial charge is 0.338 e.